The van der Waals surface area contributed by atoms with Crippen molar-refractivity contribution in [3.05, 3.63) is 100 Å². The summed E-state index contributed by atoms with van der Waals surface area (Å²) in [6.07, 6.45) is -1.40. The molecular weight excluding hydrogens is 453 g/mol. The Morgan fingerprint density at radius 1 is 1.06 bits per heavy atom. The van der Waals surface area contributed by atoms with Crippen LogP contribution in [0.5, 0.6) is 0 Å². The maximum absolute atomic E-state index is 13.1. The number of pyridine rings is 1. The Bertz CT molecular complexity index is 1370. The van der Waals surface area contributed by atoms with Gasteiger partial charge in [0.1, 0.15) is 5.69 Å². The molecule has 0 saturated heterocycles. The zero-order valence-corrected chi connectivity index (χ0v) is 17.6. The van der Waals surface area contributed by atoms with Gasteiger partial charge >= 0.3 is 6.18 Å². The number of aromatic nitrogens is 4. The third-order valence-corrected chi connectivity index (χ3v) is 4.99. The highest BCUT2D eigenvalue weighted by Gasteiger charge is 2.30. The van der Waals surface area contributed by atoms with E-state index in [2.05, 4.69) is 27.1 Å². The topological polar surface area (TPSA) is 60.7 Å². The molecule has 0 N–H and O–H groups in total. The minimum atomic E-state index is -4.47. The lowest BCUT2D eigenvalue weighted by Crippen LogP contribution is -2.09. The van der Waals surface area contributed by atoms with Gasteiger partial charge in [-0.05, 0) is 47.9 Å². The van der Waals surface area contributed by atoms with E-state index in [1.165, 1.54) is 16.9 Å². The van der Waals surface area contributed by atoms with Gasteiger partial charge in [-0.15, -0.1) is 5.10 Å². The van der Waals surface area contributed by atoms with Crippen LogP contribution in [0.2, 0.25) is 5.02 Å². The summed E-state index contributed by atoms with van der Waals surface area (Å²) in [6, 6.07) is 15.1. The van der Waals surface area contributed by atoms with Crippen molar-refractivity contribution in [2.45, 2.75) is 12.7 Å². The largest absolute Gasteiger partial charge is 0.416 e. The summed E-state index contributed by atoms with van der Waals surface area (Å²) in [5, 5.41) is 8.39. The Balaban J connectivity index is 1.73. The van der Waals surface area contributed by atoms with Crippen LogP contribution in [0.3, 0.4) is 0 Å². The number of carbonyl (C=O) groups is 1. The van der Waals surface area contributed by atoms with Gasteiger partial charge in [-0.3, -0.25) is 9.78 Å². The molecule has 2 heterocycles. The first-order valence-electron chi connectivity index (χ1n) is 9.64. The van der Waals surface area contributed by atoms with E-state index in [9.17, 15) is 18.0 Å². The standard InChI is InChI=1S/C24H14ClF3N4O/c25-20-9-2-1-6-17(20)10-11-21(33)22-23(18-7-4-12-29-14-18)32(31-30-22)15-16-5-3-8-19(13-16)24(26,27)28/h1-9,12-14H,15H2. The monoisotopic (exact) mass is 466 g/mol. The van der Waals surface area contributed by atoms with Gasteiger partial charge < -0.3 is 0 Å². The fraction of sp³-hybridized carbons (Fsp3) is 0.0833. The minimum absolute atomic E-state index is 0.0328. The molecule has 0 fully saturated rings. The molecule has 0 aliphatic carbocycles. The summed E-state index contributed by atoms with van der Waals surface area (Å²) >= 11 is 6.09. The van der Waals surface area contributed by atoms with Gasteiger partial charge in [-0.2, -0.15) is 13.2 Å². The Labute approximate surface area is 191 Å². The molecule has 0 atom stereocenters. The van der Waals surface area contributed by atoms with E-state index in [1.807, 2.05) is 0 Å². The van der Waals surface area contributed by atoms with Gasteiger partial charge in [-0.1, -0.05) is 47.0 Å². The SMILES string of the molecule is O=C(C#Cc1ccccc1Cl)c1nnn(Cc2cccc(C(F)(F)F)c2)c1-c1cccnc1. The number of rotatable bonds is 4. The third-order valence-electron chi connectivity index (χ3n) is 4.66. The van der Waals surface area contributed by atoms with Crippen LogP contribution in [0, 0.1) is 11.8 Å². The summed E-state index contributed by atoms with van der Waals surface area (Å²) in [6.45, 7) is -0.0353. The van der Waals surface area contributed by atoms with Crippen LogP contribution >= 0.6 is 11.6 Å². The van der Waals surface area contributed by atoms with Gasteiger partial charge in [0.15, 0.2) is 5.69 Å². The third kappa shape index (κ3) is 5.10. The second kappa shape index (κ2) is 9.27. The fourth-order valence-electron chi connectivity index (χ4n) is 3.13. The van der Waals surface area contributed by atoms with Gasteiger partial charge in [0.05, 0.1) is 17.1 Å². The molecule has 164 valence electrons. The van der Waals surface area contributed by atoms with Crippen LogP contribution in [-0.4, -0.2) is 25.8 Å². The molecule has 4 rings (SSSR count). The molecule has 0 amide bonds. The predicted octanol–water partition coefficient (Wildman–Crippen LogP) is 5.30. The quantitative estimate of drug-likeness (QED) is 0.303. The van der Waals surface area contributed by atoms with Crippen LogP contribution in [-0.2, 0) is 12.7 Å². The number of hydrogen-bond acceptors (Lipinski definition) is 4. The number of nitrogens with zero attached hydrogens (tertiary/aromatic N) is 4. The number of Topliss-reactive ketones (excluding diaryl/α,β-unsaturated/α-hetero) is 1. The summed E-state index contributed by atoms with van der Waals surface area (Å²) in [7, 11) is 0. The number of ketones is 1. The minimum Gasteiger partial charge on any atom is -0.277 e. The van der Waals surface area contributed by atoms with E-state index in [-0.39, 0.29) is 12.2 Å². The highest BCUT2D eigenvalue weighted by Crippen LogP contribution is 2.30. The van der Waals surface area contributed by atoms with Crippen molar-refractivity contribution in [1.82, 2.24) is 20.0 Å². The van der Waals surface area contributed by atoms with Crippen molar-refractivity contribution < 1.29 is 18.0 Å². The zero-order chi connectivity index (χ0) is 23.4. The lowest BCUT2D eigenvalue weighted by Gasteiger charge is -2.10. The van der Waals surface area contributed by atoms with Crippen molar-refractivity contribution in [2.75, 3.05) is 0 Å². The molecule has 9 heteroatoms. The van der Waals surface area contributed by atoms with Gasteiger partial charge in [0, 0.05) is 23.5 Å². The van der Waals surface area contributed by atoms with E-state index < -0.39 is 17.5 Å². The average molecular weight is 467 g/mol. The van der Waals surface area contributed by atoms with E-state index in [0.29, 0.717) is 27.4 Å². The van der Waals surface area contributed by atoms with Crippen LogP contribution in [0.25, 0.3) is 11.3 Å². The normalized spacial score (nSPS) is 11.0. The Morgan fingerprint density at radius 2 is 1.88 bits per heavy atom. The maximum atomic E-state index is 13.1. The number of alkyl halides is 3. The molecular formula is C24H14ClF3N4O. The van der Waals surface area contributed by atoms with Crippen LogP contribution in [0.4, 0.5) is 13.2 Å². The lowest BCUT2D eigenvalue weighted by atomic mass is 10.1. The molecule has 2 aromatic heterocycles. The second-order valence-corrected chi connectivity index (χ2v) is 7.35. The number of carbonyl (C=O) groups excluding carboxylic acids is 1. The predicted molar refractivity (Wildman–Crippen MR) is 116 cm³/mol. The highest BCUT2D eigenvalue weighted by molar-refractivity contribution is 6.31. The summed E-state index contributed by atoms with van der Waals surface area (Å²) in [5.74, 6) is 4.63. The van der Waals surface area contributed by atoms with Crippen LogP contribution in [0.1, 0.15) is 27.2 Å². The smallest absolute Gasteiger partial charge is 0.277 e. The Hall–Kier alpha value is -3.96. The molecule has 2 aromatic carbocycles. The highest BCUT2D eigenvalue weighted by atomic mass is 35.5. The molecule has 0 bridgehead atoms. The first kappa shape index (κ1) is 22.2. The molecule has 0 saturated carbocycles. The summed E-state index contributed by atoms with van der Waals surface area (Å²) in [4.78, 5) is 16.9. The lowest BCUT2D eigenvalue weighted by molar-refractivity contribution is -0.137. The van der Waals surface area contributed by atoms with Crippen molar-refractivity contribution >= 4 is 17.4 Å². The van der Waals surface area contributed by atoms with Crippen molar-refractivity contribution in [1.29, 1.82) is 0 Å². The Kier molecular flexibility index (Phi) is 6.24. The van der Waals surface area contributed by atoms with Gasteiger partial charge in [0.2, 0.25) is 0 Å². The van der Waals surface area contributed by atoms with Crippen LogP contribution in [0.15, 0.2) is 73.1 Å². The van der Waals surface area contributed by atoms with E-state index >= 15 is 0 Å². The average Bonchev–Trinajstić information content (AvgIpc) is 3.22. The first-order valence-corrected chi connectivity index (χ1v) is 10.0. The zero-order valence-electron chi connectivity index (χ0n) is 16.8. The first-order chi connectivity index (χ1) is 15.8. The fourth-order valence-corrected chi connectivity index (χ4v) is 3.31. The number of benzene rings is 2. The van der Waals surface area contributed by atoms with Crippen molar-refractivity contribution in [2.24, 2.45) is 0 Å². The van der Waals surface area contributed by atoms with E-state index in [4.69, 9.17) is 11.6 Å². The molecule has 4 aromatic rings. The van der Waals surface area contributed by atoms with Gasteiger partial charge in [-0.25, -0.2) is 4.68 Å². The summed E-state index contributed by atoms with van der Waals surface area (Å²) in [5.41, 5.74) is 0.851. The molecule has 5 nitrogen and oxygen atoms in total. The molecule has 0 spiro atoms. The number of hydrogen-bond donors (Lipinski definition) is 0. The van der Waals surface area contributed by atoms with Gasteiger partial charge in [0.25, 0.3) is 5.78 Å². The molecule has 0 radical (unpaired) electrons. The Morgan fingerprint density at radius 3 is 2.61 bits per heavy atom. The second-order valence-electron chi connectivity index (χ2n) is 6.94. The van der Waals surface area contributed by atoms with Crippen LogP contribution < -0.4 is 0 Å². The van der Waals surface area contributed by atoms with E-state index in [1.54, 1.807) is 48.7 Å². The van der Waals surface area contributed by atoms with Crippen molar-refractivity contribution in [3.63, 3.8) is 0 Å². The molecule has 33 heavy (non-hydrogen) atoms. The van der Waals surface area contributed by atoms with Crippen molar-refractivity contribution in [3.8, 4) is 23.1 Å². The molecule has 0 unspecified atom stereocenters. The molecule has 0 aliphatic rings. The van der Waals surface area contributed by atoms with E-state index in [0.717, 1.165) is 12.1 Å². The maximum Gasteiger partial charge on any atom is 0.416 e. The summed E-state index contributed by atoms with van der Waals surface area (Å²) < 4.78 is 40.7. The number of halogens is 4. The molecule has 0 aliphatic heterocycles.